The van der Waals surface area contributed by atoms with Gasteiger partial charge in [-0.05, 0) is 24.1 Å². The van der Waals surface area contributed by atoms with Crippen LogP contribution in [0.3, 0.4) is 0 Å². The number of aromatic nitrogens is 1. The van der Waals surface area contributed by atoms with Crippen molar-refractivity contribution in [2.24, 2.45) is 0 Å². The Hall–Kier alpha value is -1.97. The van der Waals surface area contributed by atoms with E-state index < -0.39 is 0 Å². The highest BCUT2D eigenvalue weighted by molar-refractivity contribution is 5.68. The quantitative estimate of drug-likeness (QED) is 0.880. The van der Waals surface area contributed by atoms with Gasteiger partial charge in [-0.15, -0.1) is 0 Å². The molecule has 1 N–H and O–H groups in total. The Morgan fingerprint density at radius 1 is 1.41 bits per heavy atom. The van der Waals surface area contributed by atoms with Crippen LogP contribution in [0.15, 0.2) is 28.9 Å². The molecule has 90 valence electrons. The monoisotopic (exact) mass is 232 g/mol. The molecule has 4 heteroatoms. The highest BCUT2D eigenvalue weighted by Crippen LogP contribution is 2.31. The SMILES string of the molecule is CCc1ccc(OC)c(-c2coc(NC)n2)c1. The molecule has 4 nitrogen and oxygen atoms in total. The minimum atomic E-state index is 0.504. The summed E-state index contributed by atoms with van der Waals surface area (Å²) in [5.41, 5.74) is 2.98. The third-order valence-corrected chi connectivity index (χ3v) is 2.67. The van der Waals surface area contributed by atoms with Gasteiger partial charge in [-0.1, -0.05) is 13.0 Å². The Labute approximate surface area is 101 Å². The largest absolute Gasteiger partial charge is 0.496 e. The molecular formula is C13H16N2O2. The van der Waals surface area contributed by atoms with Gasteiger partial charge in [0.25, 0.3) is 6.01 Å². The van der Waals surface area contributed by atoms with Gasteiger partial charge in [-0.25, -0.2) is 0 Å². The van der Waals surface area contributed by atoms with Crippen molar-refractivity contribution in [1.29, 1.82) is 0 Å². The minimum Gasteiger partial charge on any atom is -0.496 e. The minimum absolute atomic E-state index is 0.504. The van der Waals surface area contributed by atoms with Gasteiger partial charge in [0.05, 0.1) is 7.11 Å². The van der Waals surface area contributed by atoms with Crippen LogP contribution in [-0.4, -0.2) is 19.1 Å². The van der Waals surface area contributed by atoms with E-state index in [4.69, 9.17) is 9.15 Å². The van der Waals surface area contributed by atoms with E-state index in [0.29, 0.717) is 6.01 Å². The molecule has 0 spiro atoms. The Morgan fingerprint density at radius 2 is 2.24 bits per heavy atom. The molecule has 0 bridgehead atoms. The van der Waals surface area contributed by atoms with Gasteiger partial charge in [0, 0.05) is 12.6 Å². The van der Waals surface area contributed by atoms with E-state index >= 15 is 0 Å². The first-order valence-corrected chi connectivity index (χ1v) is 5.59. The summed E-state index contributed by atoms with van der Waals surface area (Å²) in [5.74, 6) is 0.804. The van der Waals surface area contributed by atoms with Gasteiger partial charge in [-0.3, -0.25) is 0 Å². The van der Waals surface area contributed by atoms with E-state index in [9.17, 15) is 0 Å². The summed E-state index contributed by atoms with van der Waals surface area (Å²) < 4.78 is 10.6. The Bertz CT molecular complexity index is 506. The highest BCUT2D eigenvalue weighted by atomic mass is 16.5. The topological polar surface area (TPSA) is 47.3 Å². The summed E-state index contributed by atoms with van der Waals surface area (Å²) in [7, 11) is 3.43. The Kier molecular flexibility index (Phi) is 3.32. The number of oxazole rings is 1. The zero-order chi connectivity index (χ0) is 12.3. The third-order valence-electron chi connectivity index (χ3n) is 2.67. The summed E-state index contributed by atoms with van der Waals surface area (Å²) in [6.45, 7) is 2.12. The van der Waals surface area contributed by atoms with Crippen molar-refractivity contribution < 1.29 is 9.15 Å². The number of nitrogens with one attached hydrogen (secondary N) is 1. The number of nitrogens with zero attached hydrogens (tertiary/aromatic N) is 1. The fraction of sp³-hybridized carbons (Fsp3) is 0.308. The molecular weight excluding hydrogens is 216 g/mol. The van der Waals surface area contributed by atoms with Crippen LogP contribution in [-0.2, 0) is 6.42 Å². The molecule has 0 aliphatic carbocycles. The lowest BCUT2D eigenvalue weighted by Gasteiger charge is -2.07. The fourth-order valence-corrected chi connectivity index (χ4v) is 1.69. The second-order valence-corrected chi connectivity index (χ2v) is 3.68. The summed E-state index contributed by atoms with van der Waals surface area (Å²) >= 11 is 0. The van der Waals surface area contributed by atoms with Gasteiger partial charge >= 0.3 is 0 Å². The van der Waals surface area contributed by atoms with E-state index in [2.05, 4.69) is 29.4 Å². The smallest absolute Gasteiger partial charge is 0.294 e. The summed E-state index contributed by atoms with van der Waals surface area (Å²) in [4.78, 5) is 4.33. The van der Waals surface area contributed by atoms with E-state index in [-0.39, 0.29) is 0 Å². The summed E-state index contributed by atoms with van der Waals surface area (Å²) in [5, 5.41) is 2.86. The van der Waals surface area contributed by atoms with Crippen molar-refractivity contribution in [2.45, 2.75) is 13.3 Å². The zero-order valence-corrected chi connectivity index (χ0v) is 10.3. The standard InChI is InChI=1S/C13H16N2O2/c1-4-9-5-6-12(16-3)10(7-9)11-8-17-13(14-2)15-11/h5-8H,4H2,1-3H3,(H,14,15). The number of benzene rings is 1. The first-order valence-electron chi connectivity index (χ1n) is 5.59. The van der Waals surface area contributed by atoms with Gasteiger partial charge in [0.2, 0.25) is 0 Å². The number of aryl methyl sites for hydroxylation is 1. The molecule has 0 atom stereocenters. The van der Waals surface area contributed by atoms with E-state index in [1.54, 1.807) is 20.4 Å². The van der Waals surface area contributed by atoms with Crippen molar-refractivity contribution >= 4 is 6.01 Å². The third kappa shape index (κ3) is 2.25. The molecule has 0 saturated heterocycles. The first kappa shape index (κ1) is 11.5. The predicted molar refractivity (Wildman–Crippen MR) is 67.4 cm³/mol. The molecule has 0 unspecified atom stereocenters. The summed E-state index contributed by atoms with van der Waals surface area (Å²) in [6, 6.07) is 6.60. The second kappa shape index (κ2) is 4.91. The Morgan fingerprint density at radius 3 is 2.82 bits per heavy atom. The van der Waals surface area contributed by atoms with Crippen molar-refractivity contribution in [3.63, 3.8) is 0 Å². The molecule has 1 heterocycles. The number of hydrogen-bond donors (Lipinski definition) is 1. The van der Waals surface area contributed by atoms with E-state index in [1.165, 1.54) is 5.56 Å². The number of anilines is 1. The molecule has 0 fully saturated rings. The maximum atomic E-state index is 5.34. The average molecular weight is 232 g/mol. The molecule has 1 aromatic heterocycles. The first-order chi connectivity index (χ1) is 8.28. The second-order valence-electron chi connectivity index (χ2n) is 3.68. The lowest BCUT2D eigenvalue weighted by molar-refractivity contribution is 0.416. The van der Waals surface area contributed by atoms with Gasteiger partial charge in [-0.2, -0.15) is 4.98 Å². The lowest BCUT2D eigenvalue weighted by atomic mass is 10.1. The molecule has 0 radical (unpaired) electrons. The van der Waals surface area contributed by atoms with Gasteiger partial charge in [0.15, 0.2) is 0 Å². The van der Waals surface area contributed by atoms with Crippen LogP contribution >= 0.6 is 0 Å². The number of rotatable bonds is 4. The molecule has 0 aliphatic heterocycles. The van der Waals surface area contributed by atoms with Crippen LogP contribution in [0.2, 0.25) is 0 Å². The zero-order valence-electron chi connectivity index (χ0n) is 10.3. The Balaban J connectivity index is 2.47. The maximum Gasteiger partial charge on any atom is 0.294 e. The van der Waals surface area contributed by atoms with Crippen molar-refractivity contribution in [2.75, 3.05) is 19.5 Å². The molecule has 2 rings (SSSR count). The molecule has 0 amide bonds. The molecule has 0 saturated carbocycles. The molecule has 2 aromatic rings. The van der Waals surface area contributed by atoms with Gasteiger partial charge in [0.1, 0.15) is 17.7 Å². The number of hydrogen-bond acceptors (Lipinski definition) is 4. The molecule has 17 heavy (non-hydrogen) atoms. The molecule has 1 aromatic carbocycles. The van der Waals surface area contributed by atoms with Gasteiger partial charge < -0.3 is 14.5 Å². The van der Waals surface area contributed by atoms with Crippen LogP contribution in [0.5, 0.6) is 5.75 Å². The van der Waals surface area contributed by atoms with Crippen LogP contribution in [0, 0.1) is 0 Å². The maximum absolute atomic E-state index is 5.34. The van der Waals surface area contributed by atoms with Crippen LogP contribution in [0.25, 0.3) is 11.3 Å². The molecule has 0 aliphatic rings. The van der Waals surface area contributed by atoms with Crippen LogP contribution in [0.1, 0.15) is 12.5 Å². The van der Waals surface area contributed by atoms with Crippen LogP contribution in [0.4, 0.5) is 6.01 Å². The van der Waals surface area contributed by atoms with E-state index in [1.807, 2.05) is 6.07 Å². The van der Waals surface area contributed by atoms with Crippen molar-refractivity contribution in [3.05, 3.63) is 30.0 Å². The fourth-order valence-electron chi connectivity index (χ4n) is 1.69. The normalized spacial score (nSPS) is 10.3. The predicted octanol–water partition coefficient (Wildman–Crippen LogP) is 2.95. The van der Waals surface area contributed by atoms with Crippen molar-refractivity contribution in [1.82, 2.24) is 4.98 Å². The average Bonchev–Trinajstić information content (AvgIpc) is 2.86. The lowest BCUT2D eigenvalue weighted by Crippen LogP contribution is -1.91. The van der Waals surface area contributed by atoms with E-state index in [0.717, 1.165) is 23.4 Å². The summed E-state index contributed by atoms with van der Waals surface area (Å²) in [6.07, 6.45) is 2.61. The number of methoxy groups -OCH3 is 1. The van der Waals surface area contributed by atoms with Crippen LogP contribution < -0.4 is 10.1 Å². The number of ether oxygens (including phenoxy) is 1. The highest BCUT2D eigenvalue weighted by Gasteiger charge is 2.11. The van der Waals surface area contributed by atoms with Crippen molar-refractivity contribution in [3.8, 4) is 17.0 Å².